The Morgan fingerprint density at radius 1 is 1.44 bits per heavy atom. The first-order valence-corrected chi connectivity index (χ1v) is 6.70. The van der Waals surface area contributed by atoms with Gasteiger partial charge in [0.25, 0.3) is 0 Å². The van der Waals surface area contributed by atoms with Gasteiger partial charge in [-0.25, -0.2) is 0 Å². The van der Waals surface area contributed by atoms with E-state index in [1.165, 1.54) is 0 Å². The van der Waals surface area contributed by atoms with Crippen molar-refractivity contribution in [2.45, 2.75) is 18.9 Å². The Kier molecular flexibility index (Phi) is 4.15. The van der Waals surface area contributed by atoms with Crippen LogP contribution in [0.1, 0.15) is 18.9 Å². The van der Waals surface area contributed by atoms with Crippen molar-refractivity contribution in [1.29, 1.82) is 0 Å². The third kappa shape index (κ3) is 2.79. The summed E-state index contributed by atoms with van der Waals surface area (Å²) in [7, 11) is 3.86. The molecule has 1 aromatic rings. The number of nitrogens with one attached hydrogen (secondary N) is 1. The molecule has 1 saturated heterocycles. The molecule has 1 unspecified atom stereocenters. The first-order valence-electron chi connectivity index (χ1n) is 6.33. The van der Waals surface area contributed by atoms with Crippen LogP contribution in [-0.2, 0) is 5.54 Å². The number of hydrogen-bond donors (Lipinski definition) is 1. The second kappa shape index (κ2) is 5.47. The Morgan fingerprint density at radius 3 is 2.94 bits per heavy atom. The fraction of sp³-hybridized carbons (Fsp3) is 0.571. The molecule has 0 bridgehead atoms. The Bertz CT molecular complexity index is 424. The van der Waals surface area contributed by atoms with E-state index in [9.17, 15) is 0 Å². The van der Waals surface area contributed by atoms with E-state index in [2.05, 4.69) is 24.2 Å². The van der Waals surface area contributed by atoms with Gasteiger partial charge < -0.3 is 15.0 Å². The van der Waals surface area contributed by atoms with E-state index in [0.29, 0.717) is 0 Å². The summed E-state index contributed by atoms with van der Waals surface area (Å²) in [6.45, 7) is 5.29. The van der Waals surface area contributed by atoms with Crippen molar-refractivity contribution in [2.75, 3.05) is 33.8 Å². The highest BCUT2D eigenvalue weighted by Crippen LogP contribution is 2.33. The van der Waals surface area contributed by atoms with Crippen molar-refractivity contribution in [2.24, 2.45) is 0 Å². The summed E-state index contributed by atoms with van der Waals surface area (Å²) in [4.78, 5) is 2.35. The number of benzene rings is 1. The Hall–Kier alpha value is -0.770. The lowest BCUT2D eigenvalue weighted by atomic mass is 9.90. The largest absolute Gasteiger partial charge is 0.496 e. The topological polar surface area (TPSA) is 24.5 Å². The Labute approximate surface area is 114 Å². The van der Waals surface area contributed by atoms with Crippen molar-refractivity contribution in [3.8, 4) is 5.75 Å². The molecule has 0 spiro atoms. The molecule has 0 aliphatic carbocycles. The van der Waals surface area contributed by atoms with Crippen molar-refractivity contribution in [1.82, 2.24) is 10.2 Å². The number of likely N-dealkylation sites (N-methyl/N-ethyl adjacent to an activating group) is 1. The van der Waals surface area contributed by atoms with Gasteiger partial charge in [-0.1, -0.05) is 11.6 Å². The molecule has 2 rings (SSSR count). The fourth-order valence-electron chi connectivity index (χ4n) is 2.68. The number of halogens is 1. The van der Waals surface area contributed by atoms with Crippen LogP contribution in [-0.4, -0.2) is 38.7 Å². The number of methoxy groups -OCH3 is 1. The van der Waals surface area contributed by atoms with Crippen molar-refractivity contribution in [3.05, 3.63) is 28.8 Å². The van der Waals surface area contributed by atoms with Crippen LogP contribution < -0.4 is 10.1 Å². The summed E-state index contributed by atoms with van der Waals surface area (Å²) < 4.78 is 5.48. The molecule has 1 fully saturated rings. The van der Waals surface area contributed by atoms with E-state index in [-0.39, 0.29) is 5.54 Å². The molecule has 3 nitrogen and oxygen atoms in total. The molecule has 0 saturated carbocycles. The highest BCUT2D eigenvalue weighted by molar-refractivity contribution is 6.30. The van der Waals surface area contributed by atoms with Gasteiger partial charge in [0.15, 0.2) is 0 Å². The molecule has 0 radical (unpaired) electrons. The first-order chi connectivity index (χ1) is 8.55. The van der Waals surface area contributed by atoms with Crippen LogP contribution in [0.4, 0.5) is 0 Å². The third-order valence-corrected chi connectivity index (χ3v) is 3.81. The monoisotopic (exact) mass is 268 g/mol. The molecule has 4 heteroatoms. The molecule has 1 aliphatic rings. The van der Waals surface area contributed by atoms with Gasteiger partial charge in [-0.15, -0.1) is 0 Å². The minimum atomic E-state index is -0.124. The predicted molar refractivity (Wildman–Crippen MR) is 75.5 cm³/mol. The zero-order valence-corrected chi connectivity index (χ0v) is 12.0. The van der Waals surface area contributed by atoms with Gasteiger partial charge in [-0.05, 0) is 51.7 Å². The molecule has 0 amide bonds. The standard InChI is InChI=1S/C14H21ClN2O/c1-14(10-17(2)8-4-7-16-14)12-9-11(15)5-6-13(12)18-3/h5-6,9,16H,4,7-8,10H2,1-3H3. The van der Waals surface area contributed by atoms with E-state index in [1.54, 1.807) is 7.11 Å². The van der Waals surface area contributed by atoms with E-state index >= 15 is 0 Å². The number of rotatable bonds is 2. The molecule has 1 atom stereocenters. The zero-order valence-electron chi connectivity index (χ0n) is 11.3. The zero-order chi connectivity index (χ0) is 13.2. The van der Waals surface area contributed by atoms with Gasteiger partial charge in [0, 0.05) is 17.1 Å². The van der Waals surface area contributed by atoms with Crippen LogP contribution in [0.3, 0.4) is 0 Å². The molecule has 18 heavy (non-hydrogen) atoms. The van der Waals surface area contributed by atoms with Crippen LogP contribution in [0.5, 0.6) is 5.75 Å². The lowest BCUT2D eigenvalue weighted by Crippen LogP contribution is -2.45. The third-order valence-electron chi connectivity index (χ3n) is 3.57. The smallest absolute Gasteiger partial charge is 0.124 e. The number of hydrogen-bond acceptors (Lipinski definition) is 3. The summed E-state index contributed by atoms with van der Waals surface area (Å²) in [5, 5.41) is 4.38. The molecule has 1 aromatic carbocycles. The predicted octanol–water partition coefficient (Wildman–Crippen LogP) is 2.49. The van der Waals surface area contributed by atoms with Gasteiger partial charge in [-0.3, -0.25) is 0 Å². The van der Waals surface area contributed by atoms with Crippen molar-refractivity contribution >= 4 is 11.6 Å². The van der Waals surface area contributed by atoms with Crippen LogP contribution in [0, 0.1) is 0 Å². The van der Waals surface area contributed by atoms with Crippen LogP contribution in [0.15, 0.2) is 18.2 Å². The van der Waals surface area contributed by atoms with Gasteiger partial charge >= 0.3 is 0 Å². The second-order valence-corrected chi connectivity index (χ2v) is 5.63. The van der Waals surface area contributed by atoms with E-state index in [4.69, 9.17) is 16.3 Å². The van der Waals surface area contributed by atoms with Gasteiger partial charge in [0.2, 0.25) is 0 Å². The number of nitrogens with zero attached hydrogens (tertiary/aromatic N) is 1. The highest BCUT2D eigenvalue weighted by Gasteiger charge is 2.32. The summed E-state index contributed by atoms with van der Waals surface area (Å²) in [5.41, 5.74) is 1.01. The Balaban J connectivity index is 2.40. The lowest BCUT2D eigenvalue weighted by Gasteiger charge is -2.33. The lowest BCUT2D eigenvalue weighted by molar-refractivity contribution is 0.253. The average molecular weight is 269 g/mol. The molecule has 1 N–H and O–H groups in total. The second-order valence-electron chi connectivity index (χ2n) is 5.19. The van der Waals surface area contributed by atoms with E-state index < -0.39 is 0 Å². The molecular weight excluding hydrogens is 248 g/mol. The SMILES string of the molecule is COc1ccc(Cl)cc1C1(C)CN(C)CCCN1. The van der Waals surface area contributed by atoms with Gasteiger partial charge in [-0.2, -0.15) is 0 Å². The van der Waals surface area contributed by atoms with Crippen LogP contribution in [0.2, 0.25) is 5.02 Å². The molecular formula is C14H21ClN2O. The Morgan fingerprint density at radius 2 is 2.22 bits per heavy atom. The fourth-order valence-corrected chi connectivity index (χ4v) is 2.85. The molecule has 0 aromatic heterocycles. The molecule has 100 valence electrons. The molecule has 1 aliphatic heterocycles. The van der Waals surface area contributed by atoms with Crippen molar-refractivity contribution in [3.63, 3.8) is 0 Å². The average Bonchev–Trinajstić information content (AvgIpc) is 2.51. The first kappa shape index (κ1) is 13.7. The van der Waals surface area contributed by atoms with Gasteiger partial charge in [0.05, 0.1) is 12.6 Å². The quantitative estimate of drug-likeness (QED) is 0.892. The highest BCUT2D eigenvalue weighted by atomic mass is 35.5. The maximum atomic E-state index is 6.14. The maximum Gasteiger partial charge on any atom is 0.124 e. The summed E-state index contributed by atoms with van der Waals surface area (Å²) in [6, 6.07) is 5.82. The van der Waals surface area contributed by atoms with Gasteiger partial charge in [0.1, 0.15) is 5.75 Å². The van der Waals surface area contributed by atoms with Crippen molar-refractivity contribution < 1.29 is 4.74 Å². The van der Waals surface area contributed by atoms with Crippen LogP contribution in [0.25, 0.3) is 0 Å². The maximum absolute atomic E-state index is 6.14. The minimum absolute atomic E-state index is 0.124. The summed E-state index contributed by atoms with van der Waals surface area (Å²) in [5.74, 6) is 0.893. The molecule has 1 heterocycles. The number of ether oxygens (including phenoxy) is 1. The summed E-state index contributed by atoms with van der Waals surface area (Å²) >= 11 is 6.14. The normalized spacial score (nSPS) is 25.8. The van der Waals surface area contributed by atoms with E-state index in [0.717, 1.165) is 42.4 Å². The summed E-state index contributed by atoms with van der Waals surface area (Å²) in [6.07, 6.45) is 1.16. The van der Waals surface area contributed by atoms with Crippen LogP contribution >= 0.6 is 11.6 Å². The minimum Gasteiger partial charge on any atom is -0.496 e. The van der Waals surface area contributed by atoms with E-state index in [1.807, 2.05) is 18.2 Å².